The van der Waals surface area contributed by atoms with E-state index in [1.807, 2.05) is 0 Å². The van der Waals surface area contributed by atoms with Gasteiger partial charge in [-0.15, -0.1) is 0 Å². The summed E-state index contributed by atoms with van der Waals surface area (Å²) in [6, 6.07) is 26.0. The molecule has 0 radical (unpaired) electrons. The quantitative estimate of drug-likeness (QED) is 0.564. The van der Waals surface area contributed by atoms with Crippen LogP contribution in [0.2, 0.25) is 0 Å². The van der Waals surface area contributed by atoms with Crippen LogP contribution in [0.5, 0.6) is 0 Å². The predicted molar refractivity (Wildman–Crippen MR) is 103 cm³/mol. The fraction of sp³-hybridized carbons (Fsp3) is 0.217. The number of hydrogen-bond donors (Lipinski definition) is 0. The number of anilines is 3. The number of ether oxygens (including phenoxy) is 2. The highest BCUT2D eigenvalue weighted by atomic mass is 16.6. The number of hydrogen-bond acceptors (Lipinski definition) is 3. The summed E-state index contributed by atoms with van der Waals surface area (Å²) in [6.07, 6.45) is 0.574. The Hall–Kier alpha value is -2.62. The first-order valence-corrected chi connectivity index (χ1v) is 9.08. The van der Waals surface area contributed by atoms with Gasteiger partial charge in [-0.3, -0.25) is 0 Å². The molecule has 130 valence electrons. The van der Waals surface area contributed by atoms with E-state index in [1.54, 1.807) is 0 Å². The molecule has 0 amide bonds. The van der Waals surface area contributed by atoms with Crippen molar-refractivity contribution < 1.29 is 9.47 Å². The van der Waals surface area contributed by atoms with Gasteiger partial charge in [-0.05, 0) is 54.4 Å². The molecule has 2 fully saturated rings. The minimum Gasteiger partial charge on any atom is -0.368 e. The summed E-state index contributed by atoms with van der Waals surface area (Å²) in [6.45, 7) is 3.79. The van der Waals surface area contributed by atoms with Gasteiger partial charge in [0.05, 0.1) is 13.2 Å². The standard InChI is InChI=1S/C23H21NO2/c1-16-2-8-19(9-3-16)24(20-10-4-17(5-11-20)22-14-25-22)21-12-6-18(7-13-21)23-15-26-23/h2-13,22-23H,14-15H2,1H3. The van der Waals surface area contributed by atoms with E-state index in [4.69, 9.17) is 9.47 Å². The van der Waals surface area contributed by atoms with Gasteiger partial charge in [0.15, 0.2) is 0 Å². The van der Waals surface area contributed by atoms with Gasteiger partial charge in [0.1, 0.15) is 12.2 Å². The molecule has 2 heterocycles. The molecule has 0 bridgehead atoms. The van der Waals surface area contributed by atoms with Crippen molar-refractivity contribution >= 4 is 17.1 Å². The molecule has 0 spiro atoms. The first kappa shape index (κ1) is 15.6. The third-order valence-electron chi connectivity index (χ3n) is 5.00. The lowest BCUT2D eigenvalue weighted by molar-refractivity contribution is 0.415. The maximum Gasteiger partial charge on any atom is 0.106 e. The number of epoxide rings is 2. The van der Waals surface area contributed by atoms with Crippen LogP contribution in [0.15, 0.2) is 72.8 Å². The first-order valence-electron chi connectivity index (χ1n) is 9.08. The van der Waals surface area contributed by atoms with Gasteiger partial charge in [0.2, 0.25) is 0 Å². The van der Waals surface area contributed by atoms with E-state index in [1.165, 1.54) is 16.7 Å². The fourth-order valence-electron chi connectivity index (χ4n) is 3.30. The molecule has 26 heavy (non-hydrogen) atoms. The zero-order valence-electron chi connectivity index (χ0n) is 14.8. The zero-order chi connectivity index (χ0) is 17.5. The lowest BCUT2D eigenvalue weighted by Gasteiger charge is -2.26. The molecule has 3 nitrogen and oxygen atoms in total. The second kappa shape index (κ2) is 6.27. The molecule has 5 rings (SSSR count). The lowest BCUT2D eigenvalue weighted by atomic mass is 10.1. The number of aryl methyl sites for hydroxylation is 1. The number of benzene rings is 3. The van der Waals surface area contributed by atoms with Gasteiger partial charge < -0.3 is 14.4 Å². The SMILES string of the molecule is Cc1ccc(N(c2ccc(C3CO3)cc2)c2ccc(C3CO3)cc2)cc1. The van der Waals surface area contributed by atoms with Crippen molar-refractivity contribution in [2.24, 2.45) is 0 Å². The number of nitrogens with zero attached hydrogens (tertiary/aromatic N) is 1. The van der Waals surface area contributed by atoms with Gasteiger partial charge in [-0.1, -0.05) is 42.0 Å². The normalized spacial score (nSPS) is 20.7. The molecule has 0 N–H and O–H groups in total. The van der Waals surface area contributed by atoms with Gasteiger partial charge in [-0.25, -0.2) is 0 Å². The van der Waals surface area contributed by atoms with Crippen LogP contribution in [-0.2, 0) is 9.47 Å². The number of rotatable bonds is 5. The minimum absolute atomic E-state index is 0.287. The summed E-state index contributed by atoms with van der Waals surface area (Å²) in [7, 11) is 0. The van der Waals surface area contributed by atoms with Crippen molar-refractivity contribution in [1.29, 1.82) is 0 Å². The smallest absolute Gasteiger partial charge is 0.106 e. The Kier molecular flexibility index (Phi) is 3.77. The van der Waals surface area contributed by atoms with Gasteiger partial charge in [0, 0.05) is 17.1 Å². The third-order valence-corrected chi connectivity index (χ3v) is 5.00. The van der Waals surface area contributed by atoms with E-state index in [0.29, 0.717) is 0 Å². The van der Waals surface area contributed by atoms with E-state index in [2.05, 4.69) is 84.6 Å². The Morgan fingerprint density at radius 1 is 0.615 bits per heavy atom. The van der Waals surface area contributed by atoms with Crippen LogP contribution < -0.4 is 4.90 Å². The fourth-order valence-corrected chi connectivity index (χ4v) is 3.30. The van der Waals surface area contributed by atoms with E-state index < -0.39 is 0 Å². The van der Waals surface area contributed by atoms with E-state index in [9.17, 15) is 0 Å². The highest BCUT2D eigenvalue weighted by Gasteiger charge is 2.26. The van der Waals surface area contributed by atoms with Crippen molar-refractivity contribution in [3.8, 4) is 0 Å². The van der Waals surface area contributed by atoms with Gasteiger partial charge in [0.25, 0.3) is 0 Å². The van der Waals surface area contributed by atoms with Crippen LogP contribution in [-0.4, -0.2) is 13.2 Å². The van der Waals surface area contributed by atoms with Crippen LogP contribution in [0.1, 0.15) is 28.9 Å². The Labute approximate surface area is 153 Å². The lowest BCUT2D eigenvalue weighted by Crippen LogP contribution is -2.10. The van der Waals surface area contributed by atoms with Crippen LogP contribution in [0, 0.1) is 6.92 Å². The van der Waals surface area contributed by atoms with Crippen LogP contribution in [0.3, 0.4) is 0 Å². The average molecular weight is 343 g/mol. The van der Waals surface area contributed by atoms with Crippen molar-refractivity contribution in [3.05, 3.63) is 89.5 Å². The second-order valence-electron chi connectivity index (χ2n) is 7.00. The Bertz CT molecular complexity index is 837. The Morgan fingerprint density at radius 3 is 1.31 bits per heavy atom. The Morgan fingerprint density at radius 2 is 0.962 bits per heavy atom. The molecule has 0 saturated carbocycles. The van der Waals surface area contributed by atoms with Crippen LogP contribution in [0.4, 0.5) is 17.1 Å². The summed E-state index contributed by atoms with van der Waals surface area (Å²) < 4.78 is 10.8. The molecule has 2 atom stereocenters. The molecule has 3 heteroatoms. The van der Waals surface area contributed by atoms with E-state index >= 15 is 0 Å². The summed E-state index contributed by atoms with van der Waals surface area (Å²) in [5.41, 5.74) is 7.21. The summed E-state index contributed by atoms with van der Waals surface area (Å²) in [5, 5.41) is 0. The van der Waals surface area contributed by atoms with Crippen molar-refractivity contribution in [1.82, 2.24) is 0 Å². The van der Waals surface area contributed by atoms with Crippen molar-refractivity contribution in [2.45, 2.75) is 19.1 Å². The highest BCUT2D eigenvalue weighted by molar-refractivity contribution is 5.76. The molecule has 2 saturated heterocycles. The third kappa shape index (κ3) is 3.12. The van der Waals surface area contributed by atoms with Gasteiger partial charge >= 0.3 is 0 Å². The van der Waals surface area contributed by atoms with Crippen molar-refractivity contribution in [3.63, 3.8) is 0 Å². The largest absolute Gasteiger partial charge is 0.368 e. The zero-order valence-corrected chi connectivity index (χ0v) is 14.8. The van der Waals surface area contributed by atoms with E-state index in [-0.39, 0.29) is 12.2 Å². The molecule has 2 aliphatic rings. The first-order chi connectivity index (χ1) is 12.8. The minimum atomic E-state index is 0.287. The second-order valence-corrected chi connectivity index (χ2v) is 7.00. The summed E-state index contributed by atoms with van der Waals surface area (Å²) in [4.78, 5) is 2.29. The van der Waals surface area contributed by atoms with Crippen LogP contribution in [0.25, 0.3) is 0 Å². The Balaban J connectivity index is 1.53. The topological polar surface area (TPSA) is 28.3 Å². The summed E-state index contributed by atoms with van der Waals surface area (Å²) >= 11 is 0. The molecular formula is C23H21NO2. The maximum atomic E-state index is 5.39. The summed E-state index contributed by atoms with van der Waals surface area (Å²) in [5.74, 6) is 0. The molecule has 2 aliphatic heterocycles. The predicted octanol–water partition coefficient (Wildman–Crippen LogP) is 5.61. The highest BCUT2D eigenvalue weighted by Crippen LogP contribution is 2.38. The average Bonchev–Trinajstić information content (AvgIpc) is 3.58. The van der Waals surface area contributed by atoms with Gasteiger partial charge in [-0.2, -0.15) is 0 Å². The monoisotopic (exact) mass is 343 g/mol. The van der Waals surface area contributed by atoms with Crippen molar-refractivity contribution in [2.75, 3.05) is 18.1 Å². The maximum absolute atomic E-state index is 5.39. The molecule has 0 aromatic heterocycles. The van der Waals surface area contributed by atoms with Crippen LogP contribution >= 0.6 is 0 Å². The molecule has 2 unspecified atom stereocenters. The molecule has 3 aromatic rings. The molecular weight excluding hydrogens is 322 g/mol. The molecule has 3 aromatic carbocycles. The van der Waals surface area contributed by atoms with E-state index in [0.717, 1.165) is 30.3 Å². The molecule has 0 aliphatic carbocycles.